The van der Waals surface area contributed by atoms with Gasteiger partial charge in [0, 0.05) is 35.6 Å². The Hall–Kier alpha value is -2.63. The minimum Gasteiger partial charge on any atom is -0.358 e. The molecule has 1 atom stereocenters. The quantitative estimate of drug-likeness (QED) is 0.416. The largest absolute Gasteiger partial charge is 0.358 e. The molecule has 1 fully saturated rings. The van der Waals surface area contributed by atoms with Crippen LogP contribution in [-0.2, 0) is 17.6 Å². The SMILES string of the molecule is Cc1[nH]c2ccccc2c1CCN1CCCC1c1ccc(CCC(=O)NO)cc1. The van der Waals surface area contributed by atoms with Crippen LogP contribution in [0.25, 0.3) is 10.9 Å². The van der Waals surface area contributed by atoms with Gasteiger partial charge in [-0.15, -0.1) is 0 Å². The third-order valence-electron chi connectivity index (χ3n) is 6.17. The fourth-order valence-electron chi connectivity index (χ4n) is 4.60. The number of hydrogen-bond donors (Lipinski definition) is 3. The molecule has 29 heavy (non-hydrogen) atoms. The Morgan fingerprint density at radius 3 is 2.76 bits per heavy atom. The molecule has 0 saturated carbocycles. The number of rotatable bonds is 7. The van der Waals surface area contributed by atoms with E-state index in [0.717, 1.165) is 25.1 Å². The number of para-hydroxylation sites is 1. The number of carbonyl (C=O) groups excluding carboxylic acids is 1. The van der Waals surface area contributed by atoms with Crippen LogP contribution >= 0.6 is 0 Å². The van der Waals surface area contributed by atoms with Gasteiger partial charge in [0.2, 0.25) is 5.91 Å². The predicted octanol–water partition coefficient (Wildman–Crippen LogP) is 4.29. The Bertz CT molecular complexity index is 977. The highest BCUT2D eigenvalue weighted by atomic mass is 16.5. The minimum atomic E-state index is -0.344. The average molecular weight is 392 g/mol. The average Bonchev–Trinajstić information content (AvgIpc) is 3.34. The first kappa shape index (κ1) is 19.7. The molecule has 3 N–H and O–H groups in total. The fourth-order valence-corrected chi connectivity index (χ4v) is 4.60. The van der Waals surface area contributed by atoms with E-state index in [0.29, 0.717) is 18.9 Å². The van der Waals surface area contributed by atoms with Gasteiger partial charge in [-0.05, 0) is 61.9 Å². The third-order valence-corrected chi connectivity index (χ3v) is 6.17. The number of nitrogens with one attached hydrogen (secondary N) is 2. The topological polar surface area (TPSA) is 68.4 Å². The second-order valence-electron chi connectivity index (χ2n) is 7.99. The van der Waals surface area contributed by atoms with Crippen molar-refractivity contribution in [2.45, 2.75) is 45.1 Å². The predicted molar refractivity (Wildman–Crippen MR) is 115 cm³/mol. The lowest BCUT2D eigenvalue weighted by molar-refractivity contribution is -0.129. The molecule has 0 spiro atoms. The standard InChI is InChI=1S/C24H29N3O2/c1-17-20(21-5-2-3-6-22(21)25-17)14-16-27-15-4-7-23(27)19-11-8-18(9-12-19)10-13-24(28)26-29/h2-3,5-6,8-9,11-12,23,25,29H,4,7,10,13-16H2,1H3,(H,26,28). The Balaban J connectivity index is 1.41. The number of hydrogen-bond acceptors (Lipinski definition) is 3. The zero-order valence-electron chi connectivity index (χ0n) is 16.9. The third kappa shape index (κ3) is 4.36. The molecule has 0 bridgehead atoms. The fraction of sp³-hybridized carbons (Fsp3) is 0.375. The summed E-state index contributed by atoms with van der Waals surface area (Å²) in [7, 11) is 0. The number of amides is 1. The summed E-state index contributed by atoms with van der Waals surface area (Å²) in [6.07, 6.45) is 4.42. The van der Waals surface area contributed by atoms with Crippen LogP contribution in [0, 0.1) is 6.92 Å². The van der Waals surface area contributed by atoms with Crippen LogP contribution in [0.4, 0.5) is 0 Å². The van der Waals surface area contributed by atoms with Gasteiger partial charge in [0.15, 0.2) is 0 Å². The van der Waals surface area contributed by atoms with Gasteiger partial charge in [0.05, 0.1) is 0 Å². The number of aromatic nitrogens is 1. The molecule has 5 heteroatoms. The van der Waals surface area contributed by atoms with Crippen molar-refractivity contribution >= 4 is 16.8 Å². The van der Waals surface area contributed by atoms with Crippen LogP contribution in [-0.4, -0.2) is 34.1 Å². The molecule has 1 unspecified atom stereocenters. The number of benzene rings is 2. The molecule has 1 saturated heterocycles. The molecule has 1 amide bonds. The molecular formula is C24H29N3O2. The van der Waals surface area contributed by atoms with E-state index < -0.39 is 0 Å². The summed E-state index contributed by atoms with van der Waals surface area (Å²) < 4.78 is 0. The lowest BCUT2D eigenvalue weighted by Gasteiger charge is -2.25. The monoisotopic (exact) mass is 391 g/mol. The summed E-state index contributed by atoms with van der Waals surface area (Å²) in [6, 6.07) is 17.7. The summed E-state index contributed by atoms with van der Waals surface area (Å²) >= 11 is 0. The maximum absolute atomic E-state index is 11.2. The first-order valence-electron chi connectivity index (χ1n) is 10.5. The molecule has 1 aliphatic rings. The van der Waals surface area contributed by atoms with Gasteiger partial charge < -0.3 is 4.98 Å². The van der Waals surface area contributed by atoms with Crippen LogP contribution in [0.15, 0.2) is 48.5 Å². The lowest BCUT2D eigenvalue weighted by atomic mass is 10.0. The molecule has 2 aromatic carbocycles. The van der Waals surface area contributed by atoms with Gasteiger partial charge in [-0.1, -0.05) is 42.5 Å². The van der Waals surface area contributed by atoms with Crippen molar-refractivity contribution in [1.82, 2.24) is 15.4 Å². The van der Waals surface area contributed by atoms with E-state index in [2.05, 4.69) is 65.3 Å². The van der Waals surface area contributed by atoms with Crippen molar-refractivity contribution < 1.29 is 10.0 Å². The molecule has 0 radical (unpaired) electrons. The van der Waals surface area contributed by atoms with E-state index in [4.69, 9.17) is 5.21 Å². The summed E-state index contributed by atoms with van der Waals surface area (Å²) in [5, 5.41) is 9.96. The van der Waals surface area contributed by atoms with Crippen molar-refractivity contribution in [3.63, 3.8) is 0 Å². The Morgan fingerprint density at radius 2 is 1.97 bits per heavy atom. The van der Waals surface area contributed by atoms with Gasteiger partial charge >= 0.3 is 0 Å². The van der Waals surface area contributed by atoms with Gasteiger partial charge in [0.25, 0.3) is 0 Å². The zero-order valence-corrected chi connectivity index (χ0v) is 16.9. The summed E-state index contributed by atoms with van der Waals surface area (Å²) in [5.41, 5.74) is 8.10. The molecule has 5 nitrogen and oxygen atoms in total. The van der Waals surface area contributed by atoms with Gasteiger partial charge in [-0.3, -0.25) is 14.9 Å². The minimum absolute atomic E-state index is 0.301. The molecule has 0 aliphatic carbocycles. The number of likely N-dealkylation sites (tertiary alicyclic amines) is 1. The number of aryl methyl sites for hydroxylation is 2. The van der Waals surface area contributed by atoms with Crippen LogP contribution in [0.1, 0.15) is 47.7 Å². The molecule has 4 rings (SSSR count). The smallest absolute Gasteiger partial charge is 0.243 e. The molecule has 152 valence electrons. The van der Waals surface area contributed by atoms with Crippen LogP contribution in [0.3, 0.4) is 0 Å². The number of hydroxylamine groups is 1. The van der Waals surface area contributed by atoms with Crippen LogP contribution < -0.4 is 5.48 Å². The maximum atomic E-state index is 11.2. The molecular weight excluding hydrogens is 362 g/mol. The second kappa shape index (κ2) is 8.80. The molecule has 1 aliphatic heterocycles. The van der Waals surface area contributed by atoms with E-state index >= 15 is 0 Å². The molecule has 1 aromatic heterocycles. The van der Waals surface area contributed by atoms with E-state index in [9.17, 15) is 4.79 Å². The van der Waals surface area contributed by atoms with Gasteiger partial charge in [-0.2, -0.15) is 0 Å². The van der Waals surface area contributed by atoms with Crippen molar-refractivity contribution in [3.05, 3.63) is 70.9 Å². The van der Waals surface area contributed by atoms with Crippen LogP contribution in [0.2, 0.25) is 0 Å². The molecule has 2 heterocycles. The normalized spacial score (nSPS) is 17.1. The highest BCUT2D eigenvalue weighted by molar-refractivity contribution is 5.84. The molecule has 3 aromatic rings. The first-order valence-corrected chi connectivity index (χ1v) is 10.5. The second-order valence-corrected chi connectivity index (χ2v) is 7.99. The summed E-state index contributed by atoms with van der Waals surface area (Å²) in [4.78, 5) is 17.3. The van der Waals surface area contributed by atoms with Crippen LogP contribution in [0.5, 0.6) is 0 Å². The zero-order chi connectivity index (χ0) is 20.2. The Kier molecular flexibility index (Phi) is 5.97. The number of fused-ring (bicyclic) bond motifs is 1. The van der Waals surface area contributed by atoms with Crippen molar-refractivity contribution in [2.75, 3.05) is 13.1 Å². The van der Waals surface area contributed by atoms with E-state index in [-0.39, 0.29) is 5.91 Å². The van der Waals surface area contributed by atoms with Crippen molar-refractivity contribution in [2.24, 2.45) is 0 Å². The van der Waals surface area contributed by atoms with Gasteiger partial charge in [0.1, 0.15) is 0 Å². The van der Waals surface area contributed by atoms with E-state index in [1.165, 1.54) is 40.6 Å². The number of H-pyrrole nitrogens is 1. The number of nitrogens with zero attached hydrogens (tertiary/aromatic N) is 1. The number of carbonyl (C=O) groups is 1. The Labute approximate surface area is 171 Å². The summed E-state index contributed by atoms with van der Waals surface area (Å²) in [5.74, 6) is -0.344. The van der Waals surface area contributed by atoms with E-state index in [1.807, 2.05) is 0 Å². The van der Waals surface area contributed by atoms with E-state index in [1.54, 1.807) is 5.48 Å². The number of aromatic amines is 1. The first-order chi connectivity index (χ1) is 14.2. The Morgan fingerprint density at radius 1 is 1.17 bits per heavy atom. The van der Waals surface area contributed by atoms with Crippen molar-refractivity contribution in [3.8, 4) is 0 Å². The highest BCUT2D eigenvalue weighted by Crippen LogP contribution is 2.33. The maximum Gasteiger partial charge on any atom is 0.243 e. The van der Waals surface area contributed by atoms with Gasteiger partial charge in [-0.25, -0.2) is 5.48 Å². The lowest BCUT2D eigenvalue weighted by Crippen LogP contribution is -2.25. The van der Waals surface area contributed by atoms with Crippen molar-refractivity contribution in [1.29, 1.82) is 0 Å². The highest BCUT2D eigenvalue weighted by Gasteiger charge is 2.26. The summed E-state index contributed by atoms with van der Waals surface area (Å²) in [6.45, 7) is 4.38.